The van der Waals surface area contributed by atoms with Crippen molar-refractivity contribution in [3.63, 3.8) is 0 Å². The van der Waals surface area contributed by atoms with Gasteiger partial charge < -0.3 is 5.32 Å². The van der Waals surface area contributed by atoms with Crippen LogP contribution in [0.15, 0.2) is 47.2 Å². The SMILES string of the molecule is CNC(Cc1ccc(I)cc1)c1cncc(Br)c1. The van der Waals surface area contributed by atoms with E-state index in [2.05, 4.69) is 79.2 Å². The van der Waals surface area contributed by atoms with Gasteiger partial charge in [-0.1, -0.05) is 12.1 Å². The molecule has 0 aliphatic rings. The summed E-state index contributed by atoms with van der Waals surface area (Å²) >= 11 is 5.79. The highest BCUT2D eigenvalue weighted by molar-refractivity contribution is 14.1. The highest BCUT2D eigenvalue weighted by Crippen LogP contribution is 2.20. The minimum Gasteiger partial charge on any atom is -0.313 e. The van der Waals surface area contributed by atoms with Crippen molar-refractivity contribution < 1.29 is 0 Å². The molecule has 4 heteroatoms. The topological polar surface area (TPSA) is 24.9 Å². The van der Waals surface area contributed by atoms with E-state index < -0.39 is 0 Å². The molecule has 0 amide bonds. The zero-order chi connectivity index (χ0) is 13.0. The van der Waals surface area contributed by atoms with E-state index in [0.717, 1.165) is 10.9 Å². The molecule has 0 fully saturated rings. The maximum Gasteiger partial charge on any atom is 0.0410 e. The molecule has 18 heavy (non-hydrogen) atoms. The van der Waals surface area contributed by atoms with Crippen molar-refractivity contribution in [2.24, 2.45) is 0 Å². The fourth-order valence-corrected chi connectivity index (χ4v) is 2.60. The van der Waals surface area contributed by atoms with E-state index >= 15 is 0 Å². The minimum atomic E-state index is 0.287. The molecule has 0 saturated carbocycles. The second-order valence-electron chi connectivity index (χ2n) is 4.11. The molecule has 1 N–H and O–H groups in total. The van der Waals surface area contributed by atoms with Gasteiger partial charge in [0, 0.05) is 26.5 Å². The fourth-order valence-electron chi connectivity index (χ4n) is 1.86. The van der Waals surface area contributed by atoms with Crippen LogP contribution in [0.1, 0.15) is 17.2 Å². The number of aromatic nitrogens is 1. The first-order valence-corrected chi connectivity index (χ1v) is 7.58. The van der Waals surface area contributed by atoms with Crippen LogP contribution in [0.5, 0.6) is 0 Å². The zero-order valence-electron chi connectivity index (χ0n) is 10.0. The first-order valence-electron chi connectivity index (χ1n) is 5.71. The van der Waals surface area contributed by atoms with E-state index in [1.54, 1.807) is 6.20 Å². The molecule has 2 nitrogen and oxygen atoms in total. The van der Waals surface area contributed by atoms with Crippen LogP contribution in [-0.2, 0) is 6.42 Å². The maximum atomic E-state index is 4.22. The Balaban J connectivity index is 2.17. The molecular formula is C14H14BrIN2. The van der Waals surface area contributed by atoms with E-state index in [-0.39, 0.29) is 6.04 Å². The largest absolute Gasteiger partial charge is 0.313 e. The molecule has 0 radical (unpaired) electrons. The molecule has 1 aromatic carbocycles. The average Bonchev–Trinajstić information content (AvgIpc) is 2.38. The minimum absolute atomic E-state index is 0.287. The Morgan fingerprint density at radius 3 is 2.61 bits per heavy atom. The summed E-state index contributed by atoms with van der Waals surface area (Å²) in [5.41, 5.74) is 2.53. The number of hydrogen-bond acceptors (Lipinski definition) is 2. The Kier molecular flexibility index (Phi) is 5.14. The van der Waals surface area contributed by atoms with Crippen LogP contribution in [0.4, 0.5) is 0 Å². The lowest BCUT2D eigenvalue weighted by atomic mass is 10.0. The molecule has 1 atom stereocenters. The first-order chi connectivity index (χ1) is 8.69. The van der Waals surface area contributed by atoms with Crippen LogP contribution in [0.3, 0.4) is 0 Å². The molecule has 2 rings (SSSR count). The van der Waals surface area contributed by atoms with Crippen LogP contribution in [-0.4, -0.2) is 12.0 Å². The Labute approximate surface area is 129 Å². The standard InChI is InChI=1S/C14H14BrIN2/c1-17-14(11-7-12(15)9-18-8-11)6-10-2-4-13(16)5-3-10/h2-5,7-9,14,17H,6H2,1H3. The summed E-state index contributed by atoms with van der Waals surface area (Å²) in [7, 11) is 1.98. The number of benzene rings is 1. The molecule has 94 valence electrons. The van der Waals surface area contributed by atoms with Crippen molar-refractivity contribution in [3.8, 4) is 0 Å². The van der Waals surface area contributed by atoms with Crippen LogP contribution in [0, 0.1) is 3.57 Å². The van der Waals surface area contributed by atoms with Crippen molar-refractivity contribution in [3.05, 3.63) is 61.9 Å². The Bertz CT molecular complexity index is 513. The lowest BCUT2D eigenvalue weighted by Crippen LogP contribution is -2.19. The van der Waals surface area contributed by atoms with Gasteiger partial charge in [0.15, 0.2) is 0 Å². The highest BCUT2D eigenvalue weighted by atomic mass is 127. The van der Waals surface area contributed by atoms with Crippen molar-refractivity contribution in [2.75, 3.05) is 7.05 Å². The summed E-state index contributed by atoms with van der Waals surface area (Å²) in [6, 6.07) is 11.0. The summed E-state index contributed by atoms with van der Waals surface area (Å²) in [6.07, 6.45) is 4.69. The van der Waals surface area contributed by atoms with Gasteiger partial charge >= 0.3 is 0 Å². The number of nitrogens with one attached hydrogen (secondary N) is 1. The van der Waals surface area contributed by atoms with Crippen LogP contribution in [0.25, 0.3) is 0 Å². The van der Waals surface area contributed by atoms with Crippen molar-refractivity contribution >= 4 is 38.5 Å². The van der Waals surface area contributed by atoms with E-state index in [1.807, 2.05) is 13.2 Å². The van der Waals surface area contributed by atoms with Crippen LogP contribution < -0.4 is 5.32 Å². The molecule has 0 saturated heterocycles. The third-order valence-corrected chi connectivity index (χ3v) is 3.98. The molecule has 0 spiro atoms. The highest BCUT2D eigenvalue weighted by Gasteiger charge is 2.10. The lowest BCUT2D eigenvalue weighted by Gasteiger charge is -2.16. The van der Waals surface area contributed by atoms with Crippen molar-refractivity contribution in [1.82, 2.24) is 10.3 Å². The van der Waals surface area contributed by atoms with Gasteiger partial charge in [-0.05, 0) is 81.3 Å². The molecular weight excluding hydrogens is 403 g/mol. The Morgan fingerprint density at radius 1 is 1.28 bits per heavy atom. The number of pyridine rings is 1. The molecule has 0 aliphatic heterocycles. The van der Waals surface area contributed by atoms with Gasteiger partial charge in [0.2, 0.25) is 0 Å². The summed E-state index contributed by atoms with van der Waals surface area (Å²) in [5.74, 6) is 0. The average molecular weight is 417 g/mol. The molecule has 0 aliphatic carbocycles. The Morgan fingerprint density at radius 2 is 2.00 bits per heavy atom. The predicted molar refractivity (Wildman–Crippen MR) is 86.6 cm³/mol. The molecule has 1 aromatic heterocycles. The second-order valence-corrected chi connectivity index (χ2v) is 6.27. The van der Waals surface area contributed by atoms with Crippen LogP contribution in [0.2, 0.25) is 0 Å². The summed E-state index contributed by atoms with van der Waals surface area (Å²) < 4.78 is 2.28. The first kappa shape index (κ1) is 14.0. The number of nitrogens with zero attached hydrogens (tertiary/aromatic N) is 1. The molecule has 0 bridgehead atoms. The van der Waals surface area contributed by atoms with Crippen LogP contribution >= 0.6 is 38.5 Å². The van der Waals surface area contributed by atoms with Crippen molar-refractivity contribution in [2.45, 2.75) is 12.5 Å². The third kappa shape index (κ3) is 3.76. The van der Waals surface area contributed by atoms with E-state index in [4.69, 9.17) is 0 Å². The normalized spacial score (nSPS) is 12.4. The fraction of sp³-hybridized carbons (Fsp3) is 0.214. The van der Waals surface area contributed by atoms with Gasteiger partial charge in [-0.25, -0.2) is 0 Å². The van der Waals surface area contributed by atoms with Gasteiger partial charge in [-0.3, -0.25) is 4.98 Å². The van der Waals surface area contributed by atoms with Gasteiger partial charge in [0.1, 0.15) is 0 Å². The number of hydrogen-bond donors (Lipinski definition) is 1. The third-order valence-electron chi connectivity index (χ3n) is 2.83. The Hall–Kier alpha value is -0.460. The number of likely N-dealkylation sites (N-methyl/N-ethyl adjacent to an activating group) is 1. The van der Waals surface area contributed by atoms with Gasteiger partial charge in [-0.15, -0.1) is 0 Å². The lowest BCUT2D eigenvalue weighted by molar-refractivity contribution is 0.589. The molecule has 2 aromatic rings. The molecule has 1 unspecified atom stereocenters. The van der Waals surface area contributed by atoms with Gasteiger partial charge in [0.25, 0.3) is 0 Å². The number of rotatable bonds is 4. The maximum absolute atomic E-state index is 4.22. The quantitative estimate of drug-likeness (QED) is 0.763. The zero-order valence-corrected chi connectivity index (χ0v) is 13.8. The monoisotopic (exact) mass is 416 g/mol. The second kappa shape index (κ2) is 6.63. The summed E-state index contributed by atoms with van der Waals surface area (Å²) in [4.78, 5) is 4.22. The van der Waals surface area contributed by atoms with E-state index in [0.29, 0.717) is 0 Å². The summed E-state index contributed by atoms with van der Waals surface area (Å²) in [5, 5.41) is 3.35. The number of halogens is 2. The predicted octanol–water partition coefficient (Wildman–Crippen LogP) is 3.95. The van der Waals surface area contributed by atoms with Crippen molar-refractivity contribution in [1.29, 1.82) is 0 Å². The van der Waals surface area contributed by atoms with E-state index in [1.165, 1.54) is 14.7 Å². The summed E-state index contributed by atoms with van der Waals surface area (Å²) in [6.45, 7) is 0. The van der Waals surface area contributed by atoms with Gasteiger partial charge in [-0.2, -0.15) is 0 Å². The smallest absolute Gasteiger partial charge is 0.0410 e. The van der Waals surface area contributed by atoms with E-state index in [9.17, 15) is 0 Å². The molecule has 1 heterocycles. The van der Waals surface area contributed by atoms with Gasteiger partial charge in [0.05, 0.1) is 0 Å².